The topological polar surface area (TPSA) is 29.5 Å². The lowest BCUT2D eigenvalue weighted by molar-refractivity contribution is 0.198. The second kappa shape index (κ2) is 3.62. The molecule has 0 aliphatic heterocycles. The van der Waals surface area contributed by atoms with Gasteiger partial charge in [-0.2, -0.15) is 0 Å². The molecule has 2 heteroatoms. The minimum absolute atomic E-state index is 0.368. The Kier molecular flexibility index (Phi) is 2.46. The van der Waals surface area contributed by atoms with Gasteiger partial charge in [0, 0.05) is 0 Å². The fraction of sp³-hybridized carbons (Fsp3) is 0.500. The third kappa shape index (κ3) is 1.40. The molecule has 1 N–H and O–H groups in total. The number of ether oxygens (including phenoxy) is 1. The van der Waals surface area contributed by atoms with E-state index in [4.69, 9.17) is 4.74 Å². The number of benzene rings is 1. The Bertz CT molecular complexity index is 342. The number of methoxy groups -OCH3 is 1. The van der Waals surface area contributed by atoms with Crippen molar-refractivity contribution in [3.63, 3.8) is 0 Å². The predicted octanol–water partition coefficient (Wildman–Crippen LogP) is 2.24. The predicted molar refractivity (Wildman–Crippen MR) is 55.7 cm³/mol. The Morgan fingerprint density at radius 1 is 1.29 bits per heavy atom. The molecule has 0 saturated heterocycles. The summed E-state index contributed by atoms with van der Waals surface area (Å²) < 4.78 is 5.31. The van der Waals surface area contributed by atoms with Crippen LogP contribution < -0.4 is 4.74 Å². The van der Waals surface area contributed by atoms with E-state index in [9.17, 15) is 5.11 Å². The van der Waals surface area contributed by atoms with E-state index in [-0.39, 0.29) is 6.10 Å². The van der Waals surface area contributed by atoms with Crippen LogP contribution in [0.25, 0.3) is 0 Å². The van der Waals surface area contributed by atoms with Gasteiger partial charge in [0.05, 0.1) is 13.2 Å². The summed E-state index contributed by atoms with van der Waals surface area (Å²) in [6.45, 7) is 1.82. The van der Waals surface area contributed by atoms with Gasteiger partial charge in [0.15, 0.2) is 0 Å². The van der Waals surface area contributed by atoms with Crippen molar-refractivity contribution in [1.82, 2.24) is 0 Å². The van der Waals surface area contributed by atoms with Crippen molar-refractivity contribution >= 4 is 0 Å². The molecule has 0 aromatic heterocycles. The highest BCUT2D eigenvalue weighted by atomic mass is 16.5. The average Bonchev–Trinajstić information content (AvgIpc) is 2.64. The van der Waals surface area contributed by atoms with Gasteiger partial charge >= 0.3 is 0 Å². The number of rotatable bonds is 2. The van der Waals surface area contributed by atoms with Crippen molar-refractivity contribution in [1.29, 1.82) is 0 Å². The number of aliphatic hydroxyl groups excluding tert-OH is 1. The van der Waals surface area contributed by atoms with Crippen molar-refractivity contribution in [2.75, 3.05) is 7.11 Å². The normalized spacial score (nSPS) is 16.5. The first kappa shape index (κ1) is 9.53. The van der Waals surface area contributed by atoms with Crippen LogP contribution in [0, 0.1) is 0 Å². The Hall–Kier alpha value is -1.02. The van der Waals surface area contributed by atoms with Crippen LogP contribution in [0.15, 0.2) is 12.1 Å². The van der Waals surface area contributed by atoms with Crippen LogP contribution in [0.2, 0.25) is 0 Å². The Morgan fingerprint density at radius 2 is 2.00 bits per heavy atom. The number of fused-ring (bicyclic) bond motifs is 1. The minimum Gasteiger partial charge on any atom is -0.496 e. The van der Waals surface area contributed by atoms with Crippen molar-refractivity contribution in [3.05, 3.63) is 28.8 Å². The molecule has 2 rings (SSSR count). The molecule has 14 heavy (non-hydrogen) atoms. The van der Waals surface area contributed by atoms with E-state index in [0.717, 1.165) is 24.2 Å². The lowest BCUT2D eigenvalue weighted by Gasteiger charge is -2.13. The highest BCUT2D eigenvalue weighted by molar-refractivity contribution is 5.48. The molecule has 0 spiro atoms. The quantitative estimate of drug-likeness (QED) is 0.778. The summed E-state index contributed by atoms with van der Waals surface area (Å²) in [5.41, 5.74) is 3.67. The molecule has 1 atom stereocenters. The molecular formula is C12H16O2. The summed E-state index contributed by atoms with van der Waals surface area (Å²) in [6.07, 6.45) is 2.97. The highest BCUT2D eigenvalue weighted by Crippen LogP contribution is 2.35. The molecule has 0 radical (unpaired) electrons. The first-order chi connectivity index (χ1) is 6.74. The largest absolute Gasteiger partial charge is 0.496 e. The first-order valence-corrected chi connectivity index (χ1v) is 5.10. The van der Waals surface area contributed by atoms with E-state index in [1.54, 1.807) is 7.11 Å². The standard InChI is InChI=1S/C12H16O2/c1-8(13)9-6-7-12(14-2)11-5-3-4-10(9)11/h6-8,13H,3-5H2,1-2H3. The molecule has 0 fully saturated rings. The molecule has 1 aromatic rings. The van der Waals surface area contributed by atoms with Crippen LogP contribution in [-0.2, 0) is 12.8 Å². The minimum atomic E-state index is -0.368. The molecule has 0 amide bonds. The summed E-state index contributed by atoms with van der Waals surface area (Å²) in [5.74, 6) is 0.974. The van der Waals surface area contributed by atoms with Gasteiger partial charge in [0.1, 0.15) is 5.75 Å². The maximum atomic E-state index is 9.61. The lowest BCUT2D eigenvalue weighted by Crippen LogP contribution is -1.99. The van der Waals surface area contributed by atoms with E-state index in [2.05, 4.69) is 0 Å². The second-order valence-electron chi connectivity index (χ2n) is 3.84. The van der Waals surface area contributed by atoms with E-state index in [0.29, 0.717) is 0 Å². The Morgan fingerprint density at radius 3 is 2.64 bits per heavy atom. The molecule has 1 unspecified atom stereocenters. The summed E-state index contributed by atoms with van der Waals surface area (Å²) in [4.78, 5) is 0. The number of aliphatic hydroxyl groups is 1. The maximum Gasteiger partial charge on any atom is 0.122 e. The van der Waals surface area contributed by atoms with Crippen molar-refractivity contribution in [3.8, 4) is 5.75 Å². The van der Waals surface area contributed by atoms with Gasteiger partial charge in [-0.1, -0.05) is 6.07 Å². The van der Waals surface area contributed by atoms with Crippen LogP contribution in [0.4, 0.5) is 0 Å². The molecular weight excluding hydrogens is 176 g/mol. The van der Waals surface area contributed by atoms with Gasteiger partial charge in [-0.3, -0.25) is 0 Å². The zero-order chi connectivity index (χ0) is 10.1. The third-order valence-electron chi connectivity index (χ3n) is 2.95. The molecule has 1 aliphatic carbocycles. The SMILES string of the molecule is COc1ccc(C(C)O)c2c1CCC2. The van der Waals surface area contributed by atoms with Crippen LogP contribution in [-0.4, -0.2) is 12.2 Å². The Balaban J connectivity index is 2.53. The zero-order valence-electron chi connectivity index (χ0n) is 8.71. The smallest absolute Gasteiger partial charge is 0.122 e. The fourth-order valence-electron chi connectivity index (χ4n) is 2.28. The molecule has 0 bridgehead atoms. The lowest BCUT2D eigenvalue weighted by atomic mass is 9.99. The monoisotopic (exact) mass is 192 g/mol. The van der Waals surface area contributed by atoms with E-state index in [1.165, 1.54) is 17.5 Å². The van der Waals surface area contributed by atoms with Crippen LogP contribution in [0.1, 0.15) is 36.1 Å². The van der Waals surface area contributed by atoms with Crippen LogP contribution >= 0.6 is 0 Å². The van der Waals surface area contributed by atoms with Gasteiger partial charge in [0.2, 0.25) is 0 Å². The average molecular weight is 192 g/mol. The molecule has 2 nitrogen and oxygen atoms in total. The van der Waals surface area contributed by atoms with Crippen LogP contribution in [0.5, 0.6) is 5.75 Å². The van der Waals surface area contributed by atoms with Crippen molar-refractivity contribution < 1.29 is 9.84 Å². The van der Waals surface area contributed by atoms with Gasteiger partial charge in [0.25, 0.3) is 0 Å². The summed E-state index contributed by atoms with van der Waals surface area (Å²) in [7, 11) is 1.70. The summed E-state index contributed by atoms with van der Waals surface area (Å²) >= 11 is 0. The molecule has 1 aromatic carbocycles. The summed E-state index contributed by atoms with van der Waals surface area (Å²) in [5, 5.41) is 9.61. The molecule has 0 saturated carbocycles. The Labute approximate surface area is 84.5 Å². The fourth-order valence-corrected chi connectivity index (χ4v) is 2.28. The van der Waals surface area contributed by atoms with Crippen LogP contribution in [0.3, 0.4) is 0 Å². The molecule has 0 heterocycles. The molecule has 76 valence electrons. The van der Waals surface area contributed by atoms with Gasteiger partial charge < -0.3 is 9.84 Å². The second-order valence-corrected chi connectivity index (χ2v) is 3.84. The third-order valence-corrected chi connectivity index (χ3v) is 2.95. The van der Waals surface area contributed by atoms with E-state index in [1.807, 2.05) is 19.1 Å². The maximum absolute atomic E-state index is 9.61. The first-order valence-electron chi connectivity index (χ1n) is 5.10. The van der Waals surface area contributed by atoms with E-state index < -0.39 is 0 Å². The number of hydrogen-bond acceptors (Lipinski definition) is 2. The highest BCUT2D eigenvalue weighted by Gasteiger charge is 2.20. The molecule has 1 aliphatic rings. The summed E-state index contributed by atoms with van der Waals surface area (Å²) in [6, 6.07) is 3.94. The van der Waals surface area contributed by atoms with E-state index >= 15 is 0 Å². The van der Waals surface area contributed by atoms with Gasteiger partial charge in [-0.25, -0.2) is 0 Å². The van der Waals surface area contributed by atoms with Gasteiger partial charge in [-0.05, 0) is 48.9 Å². The van der Waals surface area contributed by atoms with Crippen molar-refractivity contribution in [2.45, 2.75) is 32.3 Å². The van der Waals surface area contributed by atoms with Gasteiger partial charge in [-0.15, -0.1) is 0 Å². The number of hydrogen-bond donors (Lipinski definition) is 1. The zero-order valence-corrected chi connectivity index (χ0v) is 8.71. The van der Waals surface area contributed by atoms with Crippen molar-refractivity contribution in [2.24, 2.45) is 0 Å².